The summed E-state index contributed by atoms with van der Waals surface area (Å²) >= 11 is 5.75. The van der Waals surface area contributed by atoms with E-state index in [0.29, 0.717) is 0 Å². The van der Waals surface area contributed by atoms with Crippen molar-refractivity contribution in [3.63, 3.8) is 0 Å². The van der Waals surface area contributed by atoms with Crippen molar-refractivity contribution in [3.8, 4) is 0 Å². The second-order valence-corrected chi connectivity index (χ2v) is 7.06. The number of anilines is 1. The van der Waals surface area contributed by atoms with Gasteiger partial charge in [-0.2, -0.15) is 0 Å². The van der Waals surface area contributed by atoms with Gasteiger partial charge in [0.1, 0.15) is 0 Å². The van der Waals surface area contributed by atoms with Crippen molar-refractivity contribution < 1.29 is 23.1 Å². The van der Waals surface area contributed by atoms with Gasteiger partial charge < -0.3 is 15.7 Å². The third kappa shape index (κ3) is 6.01. The number of hydrogen-bond donors (Lipinski definition) is 3. The molecule has 0 unspecified atom stereocenters. The van der Waals surface area contributed by atoms with E-state index in [4.69, 9.17) is 16.7 Å². The number of urea groups is 1. The van der Waals surface area contributed by atoms with Gasteiger partial charge >= 0.3 is 12.0 Å². The molecule has 0 aliphatic carbocycles. The standard InChI is InChI=1S/C12H15ClN2O5S/c1-2-21(19,20)4-3-14-12(18)15-10-6-8(11(16)17)5-9(13)7-10/h5-7H,2-4H2,1H3,(H,16,17)(H2,14,15,18). The highest BCUT2D eigenvalue weighted by molar-refractivity contribution is 7.91. The molecule has 9 heteroatoms. The highest BCUT2D eigenvalue weighted by Crippen LogP contribution is 2.19. The molecule has 2 amide bonds. The van der Waals surface area contributed by atoms with Gasteiger partial charge in [-0.1, -0.05) is 18.5 Å². The van der Waals surface area contributed by atoms with Gasteiger partial charge in [0.2, 0.25) is 0 Å². The zero-order valence-corrected chi connectivity index (χ0v) is 12.8. The molecule has 7 nitrogen and oxygen atoms in total. The Kier molecular flexibility index (Phi) is 5.98. The first kappa shape index (κ1) is 17.3. The number of carboxylic acid groups (broad SMARTS) is 1. The summed E-state index contributed by atoms with van der Waals surface area (Å²) in [6, 6.07) is 3.24. The molecular weight excluding hydrogens is 320 g/mol. The molecule has 1 aromatic rings. The third-order valence-corrected chi connectivity index (χ3v) is 4.47. The average Bonchev–Trinajstić information content (AvgIpc) is 2.37. The summed E-state index contributed by atoms with van der Waals surface area (Å²) in [7, 11) is -3.15. The first-order valence-electron chi connectivity index (χ1n) is 6.02. The molecule has 21 heavy (non-hydrogen) atoms. The summed E-state index contributed by atoms with van der Waals surface area (Å²) in [5, 5.41) is 13.8. The van der Waals surface area contributed by atoms with E-state index in [0.717, 1.165) is 0 Å². The quantitative estimate of drug-likeness (QED) is 0.731. The van der Waals surface area contributed by atoms with Crippen LogP contribution in [0.5, 0.6) is 0 Å². The molecule has 0 radical (unpaired) electrons. The number of halogens is 1. The Morgan fingerprint density at radius 2 is 1.95 bits per heavy atom. The number of carboxylic acids is 1. The summed E-state index contributed by atoms with van der Waals surface area (Å²) in [4.78, 5) is 22.4. The summed E-state index contributed by atoms with van der Waals surface area (Å²) < 4.78 is 22.5. The van der Waals surface area contributed by atoms with Crippen LogP contribution >= 0.6 is 11.6 Å². The van der Waals surface area contributed by atoms with Gasteiger partial charge in [0.05, 0.1) is 11.3 Å². The van der Waals surface area contributed by atoms with Crippen molar-refractivity contribution in [3.05, 3.63) is 28.8 Å². The second kappa shape index (κ2) is 7.28. The average molecular weight is 335 g/mol. The zero-order chi connectivity index (χ0) is 16.0. The van der Waals surface area contributed by atoms with E-state index in [2.05, 4.69) is 10.6 Å². The SMILES string of the molecule is CCS(=O)(=O)CCNC(=O)Nc1cc(Cl)cc(C(=O)O)c1. The lowest BCUT2D eigenvalue weighted by atomic mass is 10.2. The lowest BCUT2D eigenvalue weighted by molar-refractivity contribution is 0.0697. The fourth-order valence-corrected chi connectivity index (χ4v) is 2.36. The number of hydrogen-bond acceptors (Lipinski definition) is 4. The molecule has 0 aliphatic heterocycles. The Morgan fingerprint density at radius 1 is 1.29 bits per heavy atom. The lowest BCUT2D eigenvalue weighted by Gasteiger charge is -2.08. The molecular formula is C12H15ClN2O5S. The maximum atomic E-state index is 11.6. The fourth-order valence-electron chi connectivity index (χ4n) is 1.42. The van der Waals surface area contributed by atoms with Gasteiger partial charge in [0.15, 0.2) is 9.84 Å². The molecule has 3 N–H and O–H groups in total. The van der Waals surface area contributed by atoms with E-state index in [1.165, 1.54) is 25.1 Å². The molecule has 1 rings (SSSR count). The Hall–Kier alpha value is -1.80. The maximum Gasteiger partial charge on any atom is 0.335 e. The Balaban J connectivity index is 2.61. The summed E-state index contributed by atoms with van der Waals surface area (Å²) in [5.74, 6) is -1.32. The lowest BCUT2D eigenvalue weighted by Crippen LogP contribution is -2.33. The van der Waals surface area contributed by atoms with Gasteiger partial charge in [-0.3, -0.25) is 0 Å². The van der Waals surface area contributed by atoms with E-state index >= 15 is 0 Å². The molecule has 0 saturated carbocycles. The molecule has 0 atom stereocenters. The van der Waals surface area contributed by atoms with Crippen molar-refractivity contribution in [1.29, 1.82) is 0 Å². The number of aromatic carboxylic acids is 1. The zero-order valence-electron chi connectivity index (χ0n) is 11.2. The molecule has 0 aliphatic rings. The third-order valence-electron chi connectivity index (χ3n) is 2.54. The van der Waals surface area contributed by atoms with Crippen molar-refractivity contribution in [2.24, 2.45) is 0 Å². The minimum atomic E-state index is -3.15. The van der Waals surface area contributed by atoms with Gasteiger partial charge in [-0.25, -0.2) is 18.0 Å². The normalized spacial score (nSPS) is 11.0. The number of sulfone groups is 1. The molecule has 0 saturated heterocycles. The number of nitrogens with one attached hydrogen (secondary N) is 2. The highest BCUT2D eigenvalue weighted by atomic mass is 35.5. The number of carbonyl (C=O) groups excluding carboxylic acids is 1. The number of benzene rings is 1. The van der Waals surface area contributed by atoms with Crippen LogP contribution in [0.1, 0.15) is 17.3 Å². The minimum Gasteiger partial charge on any atom is -0.478 e. The van der Waals surface area contributed by atoms with E-state index in [1.807, 2.05) is 0 Å². The smallest absolute Gasteiger partial charge is 0.335 e. The van der Waals surface area contributed by atoms with E-state index in [-0.39, 0.29) is 34.3 Å². The number of amides is 2. The second-order valence-electron chi connectivity index (χ2n) is 4.15. The predicted octanol–water partition coefficient (Wildman–Crippen LogP) is 1.59. The van der Waals surface area contributed by atoms with Crippen LogP contribution in [0.15, 0.2) is 18.2 Å². The van der Waals surface area contributed by atoms with Crippen LogP contribution in [0.3, 0.4) is 0 Å². The number of rotatable bonds is 6. The van der Waals surface area contributed by atoms with Gasteiger partial charge in [-0.05, 0) is 18.2 Å². The predicted molar refractivity (Wildman–Crippen MR) is 79.8 cm³/mol. The van der Waals surface area contributed by atoms with Crippen LogP contribution in [0, 0.1) is 0 Å². The Labute approximate surface area is 127 Å². The van der Waals surface area contributed by atoms with E-state index in [9.17, 15) is 18.0 Å². The van der Waals surface area contributed by atoms with Gasteiger partial charge in [0.25, 0.3) is 0 Å². The molecule has 0 heterocycles. The Bertz CT molecular complexity index is 645. The van der Waals surface area contributed by atoms with Crippen LogP contribution in [-0.4, -0.2) is 43.6 Å². The summed E-state index contributed by atoms with van der Waals surface area (Å²) in [6.07, 6.45) is 0. The van der Waals surface area contributed by atoms with Gasteiger partial charge in [0, 0.05) is 23.0 Å². The Morgan fingerprint density at radius 3 is 2.52 bits per heavy atom. The first-order valence-corrected chi connectivity index (χ1v) is 8.22. The molecule has 0 spiro atoms. The molecule has 1 aromatic carbocycles. The largest absolute Gasteiger partial charge is 0.478 e. The minimum absolute atomic E-state index is 0.00651. The summed E-state index contributed by atoms with van der Waals surface area (Å²) in [6.45, 7) is 1.49. The van der Waals surface area contributed by atoms with Gasteiger partial charge in [-0.15, -0.1) is 0 Å². The highest BCUT2D eigenvalue weighted by Gasteiger charge is 2.10. The fraction of sp³-hybridized carbons (Fsp3) is 0.333. The van der Waals surface area contributed by atoms with Crippen LogP contribution in [0.4, 0.5) is 10.5 Å². The van der Waals surface area contributed by atoms with E-state index < -0.39 is 21.8 Å². The van der Waals surface area contributed by atoms with Crippen molar-refractivity contribution in [1.82, 2.24) is 5.32 Å². The number of carbonyl (C=O) groups is 2. The van der Waals surface area contributed by atoms with Crippen LogP contribution in [0.25, 0.3) is 0 Å². The van der Waals surface area contributed by atoms with Crippen molar-refractivity contribution in [2.45, 2.75) is 6.92 Å². The molecule has 0 aromatic heterocycles. The first-order chi connectivity index (χ1) is 9.73. The molecule has 0 fully saturated rings. The monoisotopic (exact) mass is 334 g/mol. The molecule has 116 valence electrons. The summed E-state index contributed by atoms with van der Waals surface area (Å²) in [5.41, 5.74) is 0.141. The van der Waals surface area contributed by atoms with Crippen molar-refractivity contribution >= 4 is 39.1 Å². The van der Waals surface area contributed by atoms with Crippen molar-refractivity contribution in [2.75, 3.05) is 23.4 Å². The van der Waals surface area contributed by atoms with Crippen LogP contribution in [-0.2, 0) is 9.84 Å². The van der Waals surface area contributed by atoms with Crippen LogP contribution < -0.4 is 10.6 Å². The maximum absolute atomic E-state index is 11.6. The van der Waals surface area contributed by atoms with E-state index in [1.54, 1.807) is 0 Å². The topological polar surface area (TPSA) is 113 Å². The van der Waals surface area contributed by atoms with Crippen LogP contribution in [0.2, 0.25) is 5.02 Å². The molecule has 0 bridgehead atoms.